The molecular weight excluding hydrogens is 823 g/mol. The lowest BCUT2D eigenvalue weighted by Crippen LogP contribution is -2.61. The van der Waals surface area contributed by atoms with Crippen molar-refractivity contribution < 1.29 is 51.8 Å². The Balaban J connectivity index is 2.35. The Morgan fingerprint density at radius 2 is 1.00 bits per heavy atom. The van der Waals surface area contributed by atoms with E-state index in [2.05, 4.69) is 23.3 Å². The highest BCUT2D eigenvalue weighted by Crippen LogP contribution is 2.26. The van der Waals surface area contributed by atoms with Crippen molar-refractivity contribution in [2.24, 2.45) is 0 Å². The number of nitrogens with one attached hydrogen (secondary N) is 1. The zero-order valence-corrected chi connectivity index (χ0v) is 41.0. The fourth-order valence-corrected chi connectivity index (χ4v) is 9.02. The first-order valence-electron chi connectivity index (χ1n) is 26.1. The fourth-order valence-electron chi connectivity index (χ4n) is 8.52. The molecule has 0 aromatic heterocycles. The molecule has 13 heteroatoms. The Morgan fingerprint density at radius 3 is 1.38 bits per heavy atom. The van der Waals surface area contributed by atoms with Crippen molar-refractivity contribution in [2.45, 2.75) is 288 Å². The van der Waals surface area contributed by atoms with Gasteiger partial charge in [0.25, 0.3) is 0 Å². The number of allylic oxidation sites excluding steroid dienone is 1. The quantitative estimate of drug-likeness (QED) is 0.0193. The molecule has 7 atom stereocenters. The molecule has 12 nitrogen and oxygen atoms in total. The van der Waals surface area contributed by atoms with E-state index in [0.717, 1.165) is 38.5 Å². The fraction of sp³-hybridized carbons (Fsp3) is 0.940. The number of aliphatic hydroxyl groups excluding tert-OH is 4. The standard InChI is InChI=1S/C50H97NO11S/c1-3-5-7-9-11-13-15-17-18-19-20-21-22-23-24-25-26-27-28-30-32-34-36-38-40-46(54)51-43(44(53)39-37-35-33-31-29-16-14-12-10-8-6-4-2)42-60-50-48(56)49(62-63(57,58)59)47(55)45(41-52)61-50/h37,39,43-45,47-50,52-53,55-56H,3-36,38,40-42H2,1-2H3,(H,51,54)(H,57,58,59)/b39-37+. The molecule has 1 fully saturated rings. The maximum atomic E-state index is 13.1. The third-order valence-corrected chi connectivity index (χ3v) is 13.0. The third kappa shape index (κ3) is 33.9. The first kappa shape index (κ1) is 59.9. The van der Waals surface area contributed by atoms with Gasteiger partial charge < -0.3 is 35.2 Å². The lowest BCUT2D eigenvalue weighted by molar-refractivity contribution is -0.298. The van der Waals surface area contributed by atoms with Crippen LogP contribution in [0.15, 0.2) is 12.2 Å². The largest absolute Gasteiger partial charge is 0.397 e. The van der Waals surface area contributed by atoms with Gasteiger partial charge in [0.15, 0.2) is 6.29 Å². The molecule has 1 rings (SSSR count). The SMILES string of the molecule is CCCCCCCCCCCC/C=C/C(O)C(COC1OC(CO)C(O)C(OS(=O)(=O)O)C1O)NC(=O)CCCCCCCCCCCCCCCCCCCCCCCCCC. The molecule has 0 radical (unpaired) electrons. The van der Waals surface area contributed by atoms with E-state index in [-0.39, 0.29) is 18.9 Å². The molecule has 7 unspecified atom stereocenters. The van der Waals surface area contributed by atoms with Crippen LogP contribution in [0, 0.1) is 0 Å². The summed E-state index contributed by atoms with van der Waals surface area (Å²) in [6.45, 7) is 3.40. The summed E-state index contributed by atoms with van der Waals surface area (Å²) < 4.78 is 47.6. The van der Waals surface area contributed by atoms with Crippen LogP contribution >= 0.6 is 0 Å². The Morgan fingerprint density at radius 1 is 0.619 bits per heavy atom. The predicted molar refractivity (Wildman–Crippen MR) is 255 cm³/mol. The van der Waals surface area contributed by atoms with E-state index >= 15 is 0 Å². The van der Waals surface area contributed by atoms with E-state index in [1.165, 1.54) is 180 Å². The number of amides is 1. The average Bonchev–Trinajstić information content (AvgIpc) is 3.25. The minimum Gasteiger partial charge on any atom is -0.394 e. The molecule has 0 bridgehead atoms. The van der Waals surface area contributed by atoms with Crippen molar-refractivity contribution >= 4 is 16.3 Å². The number of unbranched alkanes of at least 4 members (excludes halogenated alkanes) is 33. The lowest BCUT2D eigenvalue weighted by Gasteiger charge is -2.41. The zero-order valence-electron chi connectivity index (χ0n) is 40.2. The van der Waals surface area contributed by atoms with Crippen molar-refractivity contribution in [2.75, 3.05) is 13.2 Å². The summed E-state index contributed by atoms with van der Waals surface area (Å²) in [5, 5.41) is 44.7. The first-order chi connectivity index (χ1) is 30.5. The summed E-state index contributed by atoms with van der Waals surface area (Å²) in [5.41, 5.74) is 0. The Kier molecular flexibility index (Phi) is 39.0. The molecule has 1 saturated heterocycles. The van der Waals surface area contributed by atoms with Gasteiger partial charge in [0.2, 0.25) is 5.91 Å². The van der Waals surface area contributed by atoms with Gasteiger partial charge in [-0.1, -0.05) is 231 Å². The first-order valence-corrected chi connectivity index (χ1v) is 27.4. The van der Waals surface area contributed by atoms with Crippen LogP contribution in [-0.2, 0) is 28.9 Å². The van der Waals surface area contributed by atoms with Gasteiger partial charge in [-0.05, 0) is 19.3 Å². The molecule has 1 aliphatic rings. The van der Waals surface area contributed by atoms with Crippen molar-refractivity contribution in [3.63, 3.8) is 0 Å². The van der Waals surface area contributed by atoms with E-state index in [9.17, 15) is 38.2 Å². The summed E-state index contributed by atoms with van der Waals surface area (Å²) in [5.74, 6) is -0.258. The molecule has 63 heavy (non-hydrogen) atoms. The maximum absolute atomic E-state index is 13.1. The van der Waals surface area contributed by atoms with Crippen molar-refractivity contribution in [3.05, 3.63) is 12.2 Å². The van der Waals surface area contributed by atoms with E-state index < -0.39 is 59.9 Å². The van der Waals surface area contributed by atoms with Gasteiger partial charge in [0.1, 0.15) is 24.4 Å². The van der Waals surface area contributed by atoms with E-state index in [0.29, 0.717) is 6.42 Å². The Hall–Kier alpha value is -1.16. The molecule has 0 saturated carbocycles. The van der Waals surface area contributed by atoms with E-state index in [4.69, 9.17) is 9.47 Å². The molecular formula is C50H97NO11S. The molecule has 0 aliphatic carbocycles. The Bertz CT molecular complexity index is 1180. The summed E-state index contributed by atoms with van der Waals surface area (Å²) in [7, 11) is -5.08. The normalized spacial score (nSPS) is 20.4. The van der Waals surface area contributed by atoms with Crippen LogP contribution in [0.2, 0.25) is 0 Å². The smallest absolute Gasteiger partial charge is 0.394 e. The van der Waals surface area contributed by atoms with Gasteiger partial charge in [-0.25, -0.2) is 4.18 Å². The number of hydrogen-bond donors (Lipinski definition) is 6. The van der Waals surface area contributed by atoms with E-state index in [1.807, 2.05) is 6.08 Å². The number of carbonyl (C=O) groups is 1. The minimum absolute atomic E-state index is 0.258. The van der Waals surface area contributed by atoms with Crippen LogP contribution in [0.4, 0.5) is 0 Å². The monoisotopic (exact) mass is 920 g/mol. The van der Waals surface area contributed by atoms with Crippen molar-refractivity contribution in [3.8, 4) is 0 Å². The number of hydrogen-bond acceptors (Lipinski definition) is 10. The second-order valence-corrected chi connectivity index (χ2v) is 19.5. The number of aliphatic hydroxyl groups is 4. The van der Waals surface area contributed by atoms with Crippen LogP contribution in [0.25, 0.3) is 0 Å². The summed E-state index contributed by atoms with van der Waals surface area (Å²) in [4.78, 5) is 13.1. The van der Waals surface area contributed by atoms with Gasteiger partial charge in [0, 0.05) is 6.42 Å². The average molecular weight is 920 g/mol. The number of carbonyl (C=O) groups excluding carboxylic acids is 1. The third-order valence-electron chi connectivity index (χ3n) is 12.6. The van der Waals surface area contributed by atoms with Gasteiger partial charge in [-0.2, -0.15) is 8.42 Å². The van der Waals surface area contributed by atoms with Gasteiger partial charge in [0.05, 0.1) is 25.4 Å². The summed E-state index contributed by atoms with van der Waals surface area (Å²) in [6.07, 6.45) is 38.3. The molecule has 6 N–H and O–H groups in total. The highest BCUT2D eigenvalue weighted by molar-refractivity contribution is 7.80. The van der Waals surface area contributed by atoms with Crippen LogP contribution in [0.5, 0.6) is 0 Å². The molecule has 0 aromatic carbocycles. The van der Waals surface area contributed by atoms with Crippen LogP contribution in [-0.4, -0.2) is 95.4 Å². The summed E-state index contributed by atoms with van der Waals surface area (Å²) in [6, 6.07) is -0.938. The molecule has 1 aliphatic heterocycles. The highest BCUT2D eigenvalue weighted by atomic mass is 32.3. The highest BCUT2D eigenvalue weighted by Gasteiger charge is 2.48. The lowest BCUT2D eigenvalue weighted by atomic mass is 9.99. The molecule has 1 amide bonds. The number of ether oxygens (including phenoxy) is 2. The second-order valence-electron chi connectivity index (χ2n) is 18.5. The number of rotatable bonds is 45. The predicted octanol–water partition coefficient (Wildman–Crippen LogP) is 11.1. The van der Waals surface area contributed by atoms with Gasteiger partial charge in [-0.15, -0.1) is 0 Å². The molecule has 374 valence electrons. The van der Waals surface area contributed by atoms with Crippen LogP contribution in [0.3, 0.4) is 0 Å². The second kappa shape index (κ2) is 41.1. The van der Waals surface area contributed by atoms with Crippen LogP contribution in [0.1, 0.15) is 245 Å². The minimum atomic E-state index is -5.08. The van der Waals surface area contributed by atoms with Crippen LogP contribution < -0.4 is 5.32 Å². The molecule has 0 spiro atoms. The van der Waals surface area contributed by atoms with Crippen molar-refractivity contribution in [1.82, 2.24) is 5.32 Å². The van der Waals surface area contributed by atoms with Gasteiger partial charge in [-0.3, -0.25) is 9.35 Å². The molecule has 0 aromatic rings. The topological polar surface area (TPSA) is 192 Å². The zero-order chi connectivity index (χ0) is 46.2. The van der Waals surface area contributed by atoms with Crippen molar-refractivity contribution in [1.29, 1.82) is 0 Å². The summed E-state index contributed by atoms with van der Waals surface area (Å²) >= 11 is 0. The Labute approximate surface area is 385 Å². The van der Waals surface area contributed by atoms with Gasteiger partial charge >= 0.3 is 10.4 Å². The maximum Gasteiger partial charge on any atom is 0.397 e. The molecule has 1 heterocycles. The van der Waals surface area contributed by atoms with E-state index in [1.54, 1.807) is 6.08 Å².